The SMILES string of the molecule is O=C(Cc1ccc(S(=O)(=O)N2CCCC2)s1)NCC1CCCCC1. The number of rotatable bonds is 6. The quantitative estimate of drug-likeness (QED) is 0.837. The standard InChI is InChI=1S/C17H26N2O3S2/c20-16(18-13-14-6-2-1-3-7-14)12-15-8-9-17(23-15)24(21,22)19-10-4-5-11-19/h8-9,14H,1-7,10-13H2,(H,18,20). The molecule has 2 heterocycles. The highest BCUT2D eigenvalue weighted by Gasteiger charge is 2.28. The maximum absolute atomic E-state index is 12.5. The lowest BCUT2D eigenvalue weighted by molar-refractivity contribution is -0.120. The van der Waals surface area contributed by atoms with Gasteiger partial charge in [0.1, 0.15) is 4.21 Å². The molecule has 0 atom stereocenters. The van der Waals surface area contributed by atoms with Gasteiger partial charge in [0.05, 0.1) is 6.42 Å². The van der Waals surface area contributed by atoms with E-state index >= 15 is 0 Å². The van der Waals surface area contributed by atoms with Crippen LogP contribution in [0.4, 0.5) is 0 Å². The van der Waals surface area contributed by atoms with E-state index in [2.05, 4.69) is 5.32 Å². The van der Waals surface area contributed by atoms with Crippen LogP contribution in [0.5, 0.6) is 0 Å². The smallest absolute Gasteiger partial charge is 0.252 e. The molecule has 0 unspecified atom stereocenters. The Kier molecular flexibility index (Phi) is 5.94. The van der Waals surface area contributed by atoms with E-state index in [1.54, 1.807) is 16.4 Å². The topological polar surface area (TPSA) is 66.5 Å². The van der Waals surface area contributed by atoms with Gasteiger partial charge >= 0.3 is 0 Å². The van der Waals surface area contributed by atoms with Crippen LogP contribution in [0.1, 0.15) is 49.8 Å². The van der Waals surface area contributed by atoms with E-state index in [-0.39, 0.29) is 12.3 Å². The number of amides is 1. The third-order valence-corrected chi connectivity index (χ3v) is 8.39. The van der Waals surface area contributed by atoms with Crippen molar-refractivity contribution in [3.05, 3.63) is 17.0 Å². The van der Waals surface area contributed by atoms with Gasteiger partial charge in [-0.05, 0) is 43.7 Å². The van der Waals surface area contributed by atoms with Gasteiger partial charge in [0, 0.05) is 24.5 Å². The summed E-state index contributed by atoms with van der Waals surface area (Å²) in [7, 11) is -3.36. The molecule has 1 aromatic rings. The van der Waals surface area contributed by atoms with E-state index in [9.17, 15) is 13.2 Å². The predicted molar refractivity (Wildman–Crippen MR) is 95.6 cm³/mol. The molecule has 0 aromatic carbocycles. The Morgan fingerprint density at radius 3 is 2.54 bits per heavy atom. The van der Waals surface area contributed by atoms with Crippen LogP contribution in [-0.2, 0) is 21.2 Å². The molecular formula is C17H26N2O3S2. The zero-order chi connectivity index (χ0) is 17.0. The van der Waals surface area contributed by atoms with Crippen molar-refractivity contribution in [3.8, 4) is 0 Å². The zero-order valence-corrected chi connectivity index (χ0v) is 15.6. The Morgan fingerprint density at radius 1 is 1.12 bits per heavy atom. The summed E-state index contributed by atoms with van der Waals surface area (Å²) in [5, 5.41) is 3.01. The first kappa shape index (κ1) is 17.9. The molecule has 7 heteroatoms. The molecule has 3 rings (SSSR count). The largest absolute Gasteiger partial charge is 0.356 e. The molecule has 1 saturated heterocycles. The molecule has 1 saturated carbocycles. The summed E-state index contributed by atoms with van der Waals surface area (Å²) in [4.78, 5) is 12.9. The molecule has 2 aliphatic rings. The Bertz CT molecular complexity index is 657. The second kappa shape index (κ2) is 7.97. The number of nitrogens with one attached hydrogen (secondary N) is 1. The number of carbonyl (C=O) groups is 1. The minimum absolute atomic E-state index is 0.00690. The Hall–Kier alpha value is -0.920. The molecule has 2 fully saturated rings. The van der Waals surface area contributed by atoms with Crippen molar-refractivity contribution in [1.29, 1.82) is 0 Å². The minimum Gasteiger partial charge on any atom is -0.356 e. The van der Waals surface area contributed by atoms with Gasteiger partial charge in [0.2, 0.25) is 5.91 Å². The monoisotopic (exact) mass is 370 g/mol. The number of hydrogen-bond donors (Lipinski definition) is 1. The first-order valence-electron chi connectivity index (χ1n) is 8.91. The van der Waals surface area contributed by atoms with Gasteiger partial charge in [-0.3, -0.25) is 4.79 Å². The molecule has 0 radical (unpaired) electrons. The van der Waals surface area contributed by atoms with Crippen LogP contribution >= 0.6 is 11.3 Å². The highest BCUT2D eigenvalue weighted by molar-refractivity contribution is 7.91. The van der Waals surface area contributed by atoms with Crippen molar-refractivity contribution in [3.63, 3.8) is 0 Å². The summed E-state index contributed by atoms with van der Waals surface area (Å²) in [5.74, 6) is 0.602. The molecule has 1 aliphatic carbocycles. The van der Waals surface area contributed by atoms with Gasteiger partial charge in [0.25, 0.3) is 10.0 Å². The van der Waals surface area contributed by atoms with E-state index in [0.717, 1.165) is 24.3 Å². The van der Waals surface area contributed by atoms with Crippen LogP contribution in [0, 0.1) is 5.92 Å². The average Bonchev–Trinajstić information content (AvgIpc) is 3.26. The third kappa shape index (κ3) is 4.37. The van der Waals surface area contributed by atoms with E-state index in [0.29, 0.717) is 23.2 Å². The fourth-order valence-electron chi connectivity index (χ4n) is 3.52. The van der Waals surface area contributed by atoms with E-state index < -0.39 is 10.0 Å². The Labute approximate surface area is 148 Å². The van der Waals surface area contributed by atoms with Crippen LogP contribution in [0.25, 0.3) is 0 Å². The summed E-state index contributed by atoms with van der Waals surface area (Å²) in [5.41, 5.74) is 0. The molecule has 1 N–H and O–H groups in total. The van der Waals surface area contributed by atoms with Crippen molar-refractivity contribution >= 4 is 27.3 Å². The lowest BCUT2D eigenvalue weighted by Gasteiger charge is -2.21. The second-order valence-electron chi connectivity index (χ2n) is 6.82. The molecule has 5 nitrogen and oxygen atoms in total. The van der Waals surface area contributed by atoms with Crippen LogP contribution < -0.4 is 5.32 Å². The molecule has 1 aliphatic heterocycles. The lowest BCUT2D eigenvalue weighted by atomic mass is 9.89. The van der Waals surface area contributed by atoms with Gasteiger partial charge < -0.3 is 5.32 Å². The maximum atomic E-state index is 12.5. The van der Waals surface area contributed by atoms with Crippen molar-refractivity contribution in [2.24, 2.45) is 5.92 Å². The normalized spacial score (nSPS) is 20.3. The number of hydrogen-bond acceptors (Lipinski definition) is 4. The molecule has 0 spiro atoms. The number of thiophene rings is 1. The highest BCUT2D eigenvalue weighted by Crippen LogP contribution is 2.27. The molecule has 1 amide bonds. The van der Waals surface area contributed by atoms with Crippen molar-refractivity contribution in [2.75, 3.05) is 19.6 Å². The zero-order valence-electron chi connectivity index (χ0n) is 14.0. The van der Waals surface area contributed by atoms with Crippen LogP contribution in [0.2, 0.25) is 0 Å². The number of sulfonamides is 1. The predicted octanol–water partition coefficient (Wildman–Crippen LogP) is 2.77. The van der Waals surface area contributed by atoms with Gasteiger partial charge in [-0.25, -0.2) is 8.42 Å². The third-order valence-electron chi connectivity index (χ3n) is 4.94. The minimum atomic E-state index is -3.36. The molecular weight excluding hydrogens is 344 g/mol. The summed E-state index contributed by atoms with van der Waals surface area (Å²) in [6, 6.07) is 3.41. The summed E-state index contributed by atoms with van der Waals surface area (Å²) in [6.45, 7) is 1.97. The first-order valence-corrected chi connectivity index (χ1v) is 11.2. The lowest BCUT2D eigenvalue weighted by Crippen LogP contribution is -2.31. The number of carbonyl (C=O) groups excluding carboxylic acids is 1. The molecule has 1 aromatic heterocycles. The van der Waals surface area contributed by atoms with Crippen molar-refractivity contribution in [1.82, 2.24) is 9.62 Å². The first-order chi connectivity index (χ1) is 11.6. The maximum Gasteiger partial charge on any atom is 0.252 e. The molecule has 0 bridgehead atoms. The van der Waals surface area contributed by atoms with Gasteiger partial charge in [-0.1, -0.05) is 19.3 Å². The Morgan fingerprint density at radius 2 is 1.83 bits per heavy atom. The average molecular weight is 371 g/mol. The van der Waals surface area contributed by atoms with Gasteiger partial charge in [-0.15, -0.1) is 11.3 Å². The van der Waals surface area contributed by atoms with Gasteiger partial charge in [-0.2, -0.15) is 4.31 Å². The van der Waals surface area contributed by atoms with Crippen LogP contribution in [0.15, 0.2) is 16.3 Å². The highest BCUT2D eigenvalue weighted by atomic mass is 32.2. The fourth-order valence-corrected chi connectivity index (χ4v) is 6.54. The van der Waals surface area contributed by atoms with Gasteiger partial charge in [0.15, 0.2) is 0 Å². The molecule has 24 heavy (non-hydrogen) atoms. The summed E-state index contributed by atoms with van der Waals surface area (Å²) >= 11 is 1.23. The Balaban J connectivity index is 1.52. The van der Waals surface area contributed by atoms with E-state index in [1.807, 2.05) is 0 Å². The summed E-state index contributed by atoms with van der Waals surface area (Å²) < 4.78 is 26.9. The summed E-state index contributed by atoms with van der Waals surface area (Å²) in [6.07, 6.45) is 8.39. The van der Waals surface area contributed by atoms with E-state index in [1.165, 1.54) is 43.4 Å². The van der Waals surface area contributed by atoms with Crippen LogP contribution in [0.3, 0.4) is 0 Å². The van der Waals surface area contributed by atoms with Crippen molar-refractivity contribution in [2.45, 2.75) is 55.6 Å². The van der Waals surface area contributed by atoms with Crippen molar-refractivity contribution < 1.29 is 13.2 Å². The fraction of sp³-hybridized carbons (Fsp3) is 0.706. The number of nitrogens with zero attached hydrogens (tertiary/aromatic N) is 1. The second-order valence-corrected chi connectivity index (χ2v) is 10.1. The molecule has 134 valence electrons. The van der Waals surface area contributed by atoms with E-state index in [4.69, 9.17) is 0 Å². The van der Waals surface area contributed by atoms with Crippen LogP contribution in [-0.4, -0.2) is 38.3 Å².